The van der Waals surface area contributed by atoms with E-state index in [0.29, 0.717) is 36.1 Å². The smallest absolute Gasteiger partial charge is 0.332 e. The summed E-state index contributed by atoms with van der Waals surface area (Å²) in [7, 11) is 0. The summed E-state index contributed by atoms with van der Waals surface area (Å²) in [5.41, 5.74) is 4.77. The summed E-state index contributed by atoms with van der Waals surface area (Å²) >= 11 is 1.22. The third-order valence-corrected chi connectivity index (χ3v) is 8.82. The van der Waals surface area contributed by atoms with E-state index in [2.05, 4.69) is 10.3 Å². The third-order valence-electron chi connectivity index (χ3n) is 7.99. The Bertz CT molecular complexity index is 1620. The van der Waals surface area contributed by atoms with Gasteiger partial charge in [-0.25, -0.2) is 14.2 Å². The van der Waals surface area contributed by atoms with Crippen LogP contribution < -0.4 is 5.32 Å². The Kier molecular flexibility index (Phi) is 8.35. The number of thiazole rings is 1. The number of carbonyl (C=O) groups is 3. The lowest BCUT2D eigenvalue weighted by Crippen LogP contribution is -2.66. The molecule has 222 valence electrons. The highest BCUT2D eigenvalue weighted by molar-refractivity contribution is 7.16. The van der Waals surface area contributed by atoms with E-state index in [1.165, 1.54) is 17.4 Å². The molecule has 11 heteroatoms. The van der Waals surface area contributed by atoms with Crippen molar-refractivity contribution in [3.05, 3.63) is 101 Å². The van der Waals surface area contributed by atoms with Crippen LogP contribution in [-0.2, 0) is 29.1 Å². The number of halogens is 1. The van der Waals surface area contributed by atoms with Crippen LogP contribution in [0.25, 0.3) is 10.2 Å². The fourth-order valence-corrected chi connectivity index (χ4v) is 6.70. The fourth-order valence-electron chi connectivity index (χ4n) is 5.96. The summed E-state index contributed by atoms with van der Waals surface area (Å²) in [5.74, 6) is -0.721. The first-order chi connectivity index (χ1) is 20.9. The third kappa shape index (κ3) is 5.82. The van der Waals surface area contributed by atoms with Gasteiger partial charge in [-0.05, 0) is 29.2 Å². The molecule has 0 aliphatic carbocycles. The second-order valence-electron chi connectivity index (χ2n) is 10.8. The molecule has 2 atom stereocenters. The maximum absolute atomic E-state index is 14.4. The van der Waals surface area contributed by atoms with Gasteiger partial charge in [0.25, 0.3) is 0 Å². The minimum absolute atomic E-state index is 0.0112. The van der Waals surface area contributed by atoms with E-state index in [9.17, 15) is 18.8 Å². The van der Waals surface area contributed by atoms with Gasteiger partial charge in [0.1, 0.15) is 18.0 Å². The zero-order valence-corrected chi connectivity index (χ0v) is 24.7. The van der Waals surface area contributed by atoms with Crippen molar-refractivity contribution < 1.29 is 18.8 Å². The Morgan fingerprint density at radius 3 is 2.49 bits per heavy atom. The van der Waals surface area contributed by atoms with Crippen molar-refractivity contribution >= 4 is 39.4 Å². The lowest BCUT2D eigenvalue weighted by atomic mass is 10.00. The van der Waals surface area contributed by atoms with E-state index < -0.39 is 12.2 Å². The van der Waals surface area contributed by atoms with E-state index >= 15 is 0 Å². The highest BCUT2D eigenvalue weighted by atomic mass is 32.1. The average Bonchev–Trinajstić information content (AvgIpc) is 3.65. The first-order valence-electron chi connectivity index (χ1n) is 14.4. The Hall–Kier alpha value is -4.35. The number of hydrogen-bond donors (Lipinski definition) is 1. The number of aromatic nitrogens is 1. The Labute approximate surface area is 253 Å². The minimum atomic E-state index is -0.749. The summed E-state index contributed by atoms with van der Waals surface area (Å²) < 4.78 is 14.9. The van der Waals surface area contributed by atoms with Gasteiger partial charge in [0.2, 0.25) is 11.8 Å². The quantitative estimate of drug-likeness (QED) is 0.308. The van der Waals surface area contributed by atoms with E-state index in [4.69, 9.17) is 0 Å². The normalized spacial score (nSPS) is 18.7. The summed E-state index contributed by atoms with van der Waals surface area (Å²) in [6.45, 7) is 3.15. The molecule has 43 heavy (non-hydrogen) atoms. The van der Waals surface area contributed by atoms with E-state index in [-0.39, 0.29) is 43.3 Å². The zero-order valence-electron chi connectivity index (χ0n) is 23.9. The molecule has 4 aromatic rings. The van der Waals surface area contributed by atoms with Gasteiger partial charge in [-0.3, -0.25) is 14.6 Å². The number of rotatable bonds is 9. The van der Waals surface area contributed by atoms with Crippen LogP contribution in [-0.4, -0.2) is 74.5 Å². The minimum Gasteiger partial charge on any atom is -0.333 e. The topological polar surface area (TPSA) is 89.1 Å². The number of nitrogens with zero attached hydrogens (tertiary/aromatic N) is 5. The molecule has 0 unspecified atom stereocenters. The highest BCUT2D eigenvalue weighted by Gasteiger charge is 2.52. The number of nitrogens with one attached hydrogen (secondary N) is 1. The van der Waals surface area contributed by atoms with Crippen molar-refractivity contribution in [2.24, 2.45) is 0 Å². The maximum Gasteiger partial charge on any atom is 0.332 e. The molecule has 2 fully saturated rings. The fraction of sp³-hybridized carbons (Fsp3) is 0.312. The van der Waals surface area contributed by atoms with Crippen molar-refractivity contribution in [2.45, 2.75) is 45.1 Å². The van der Waals surface area contributed by atoms with Crippen LogP contribution in [0.15, 0.2) is 78.3 Å². The molecular formula is C32H33FN6O3S. The van der Waals surface area contributed by atoms with Gasteiger partial charge < -0.3 is 15.1 Å². The molecule has 0 radical (unpaired) electrons. The molecule has 0 bridgehead atoms. The van der Waals surface area contributed by atoms with Crippen molar-refractivity contribution in [1.82, 2.24) is 30.1 Å². The number of carbonyl (C=O) groups excluding carboxylic acids is 3. The van der Waals surface area contributed by atoms with Crippen molar-refractivity contribution in [3.63, 3.8) is 0 Å². The number of amides is 4. The number of piperazine rings is 1. The molecule has 2 saturated heterocycles. The predicted molar refractivity (Wildman–Crippen MR) is 162 cm³/mol. The molecule has 1 N–H and O–H groups in total. The second-order valence-corrected chi connectivity index (χ2v) is 11.7. The van der Waals surface area contributed by atoms with Gasteiger partial charge in [-0.1, -0.05) is 73.7 Å². The van der Waals surface area contributed by atoms with Gasteiger partial charge in [-0.2, -0.15) is 5.01 Å². The van der Waals surface area contributed by atoms with Crippen LogP contribution in [0.5, 0.6) is 0 Å². The number of urea groups is 1. The number of hydrazine groups is 1. The SMILES string of the molecule is CCCN(C(=O)NCc1ccccc1)N1CC(=O)N2[C@@H](Cc3ccccc3)C(=O)N(Cc3ccc(F)c4scnc34)C[C@@H]21. The number of hydrogen-bond acceptors (Lipinski definition) is 6. The molecule has 6 rings (SSSR count). The van der Waals surface area contributed by atoms with Gasteiger partial charge in [-0.15, -0.1) is 11.3 Å². The van der Waals surface area contributed by atoms with Gasteiger partial charge in [0, 0.05) is 26.1 Å². The Morgan fingerprint density at radius 2 is 1.77 bits per heavy atom. The van der Waals surface area contributed by atoms with Gasteiger partial charge in [0.15, 0.2) is 0 Å². The number of benzene rings is 3. The summed E-state index contributed by atoms with van der Waals surface area (Å²) in [5, 5.41) is 6.40. The highest BCUT2D eigenvalue weighted by Crippen LogP contribution is 2.32. The Balaban J connectivity index is 1.31. The molecule has 1 aromatic heterocycles. The van der Waals surface area contributed by atoms with E-state index in [1.807, 2.05) is 67.6 Å². The molecule has 3 aromatic carbocycles. The zero-order chi connectivity index (χ0) is 29.9. The lowest BCUT2D eigenvalue weighted by molar-refractivity contribution is -0.157. The largest absolute Gasteiger partial charge is 0.333 e. The van der Waals surface area contributed by atoms with Crippen molar-refractivity contribution in [2.75, 3.05) is 19.6 Å². The predicted octanol–water partition coefficient (Wildman–Crippen LogP) is 4.40. The molecule has 9 nitrogen and oxygen atoms in total. The second kappa shape index (κ2) is 12.5. The molecular weight excluding hydrogens is 567 g/mol. The summed E-state index contributed by atoms with van der Waals surface area (Å²) in [6.07, 6.45) is 0.485. The van der Waals surface area contributed by atoms with Crippen molar-refractivity contribution in [1.29, 1.82) is 0 Å². The average molecular weight is 601 g/mol. The molecule has 0 spiro atoms. The molecule has 2 aliphatic heterocycles. The molecule has 0 saturated carbocycles. The van der Waals surface area contributed by atoms with E-state index in [1.54, 1.807) is 31.4 Å². The van der Waals surface area contributed by atoms with E-state index in [0.717, 1.165) is 16.7 Å². The number of fused-ring (bicyclic) bond motifs is 2. The standard InChI is InChI=1S/C32H33FN6O3S/c1-2-15-37(32(42)34-17-23-11-7-4-8-12-23)38-20-28(40)39-26(16-22-9-5-3-6-10-22)31(41)36(19-27(38)39)18-24-13-14-25(33)30-29(24)35-21-43-30/h3-14,21,26-27H,2,15-20H2,1H3,(H,34,42)/t26-,27+/m0/s1. The summed E-state index contributed by atoms with van der Waals surface area (Å²) in [6, 6.07) is 21.3. The molecule has 3 heterocycles. The molecule has 2 aliphatic rings. The van der Waals surface area contributed by atoms with Crippen LogP contribution in [0, 0.1) is 5.82 Å². The monoisotopic (exact) mass is 600 g/mol. The Morgan fingerprint density at radius 1 is 1.05 bits per heavy atom. The lowest BCUT2D eigenvalue weighted by Gasteiger charge is -2.46. The maximum atomic E-state index is 14.4. The van der Waals surface area contributed by atoms with Crippen LogP contribution in [0.1, 0.15) is 30.0 Å². The summed E-state index contributed by atoms with van der Waals surface area (Å²) in [4.78, 5) is 49.0. The van der Waals surface area contributed by atoms with Crippen LogP contribution in [0.4, 0.5) is 9.18 Å². The van der Waals surface area contributed by atoms with Crippen molar-refractivity contribution in [3.8, 4) is 0 Å². The van der Waals surface area contributed by atoms with Gasteiger partial charge in [0.05, 0.1) is 28.8 Å². The van der Waals surface area contributed by atoms with Crippen LogP contribution >= 0.6 is 11.3 Å². The first-order valence-corrected chi connectivity index (χ1v) is 15.3. The first kappa shape index (κ1) is 28.8. The van der Waals surface area contributed by atoms with Gasteiger partial charge >= 0.3 is 6.03 Å². The van der Waals surface area contributed by atoms with Crippen LogP contribution in [0.2, 0.25) is 0 Å². The van der Waals surface area contributed by atoms with Crippen LogP contribution in [0.3, 0.4) is 0 Å². The molecule has 4 amide bonds.